The summed E-state index contributed by atoms with van der Waals surface area (Å²) in [5.41, 5.74) is 0. The molecule has 0 radical (unpaired) electrons. The fourth-order valence-electron chi connectivity index (χ4n) is 9.34. The molecule has 0 heterocycles. The van der Waals surface area contributed by atoms with E-state index in [-0.39, 0.29) is 18.5 Å². The molecule has 6 heteroatoms. The maximum Gasteiger partial charge on any atom is 0.305 e. The van der Waals surface area contributed by atoms with E-state index >= 15 is 0 Å². The zero-order chi connectivity index (χ0) is 48.6. The van der Waals surface area contributed by atoms with Crippen molar-refractivity contribution >= 4 is 11.9 Å². The van der Waals surface area contributed by atoms with Crippen LogP contribution in [0, 0.1) is 0 Å². The molecule has 0 spiro atoms. The van der Waals surface area contributed by atoms with E-state index in [1.54, 1.807) is 6.08 Å². The third kappa shape index (κ3) is 53.5. The molecule has 0 rings (SSSR count). The van der Waals surface area contributed by atoms with Crippen molar-refractivity contribution in [2.45, 2.75) is 341 Å². The Balaban J connectivity index is 3.49. The van der Waals surface area contributed by atoms with Gasteiger partial charge < -0.3 is 20.3 Å². The van der Waals surface area contributed by atoms with E-state index in [4.69, 9.17) is 4.74 Å². The highest BCUT2D eigenvalue weighted by atomic mass is 16.5. The van der Waals surface area contributed by atoms with Crippen LogP contribution in [0.1, 0.15) is 328 Å². The molecule has 2 atom stereocenters. The normalized spacial score (nSPS) is 12.7. The number of aliphatic hydroxyl groups excluding tert-OH is 2. The van der Waals surface area contributed by atoms with Crippen LogP contribution in [0.15, 0.2) is 24.3 Å². The zero-order valence-corrected chi connectivity index (χ0v) is 45.1. The van der Waals surface area contributed by atoms with Crippen molar-refractivity contribution in [1.29, 1.82) is 0 Å². The van der Waals surface area contributed by atoms with E-state index in [0.717, 1.165) is 57.8 Å². The lowest BCUT2D eigenvalue weighted by atomic mass is 10.0. The SMILES string of the molecule is CCCCCCCC/C=C\CCCCCCCCCC(=O)OCCCCCCCCCCCCC(=O)NC(CO)C(O)/C=C/CCCCCCCCCCCCCCCCCCCCCCC. The van der Waals surface area contributed by atoms with Gasteiger partial charge in [-0.15, -0.1) is 0 Å². The van der Waals surface area contributed by atoms with Crippen LogP contribution in [-0.4, -0.2) is 47.4 Å². The topological polar surface area (TPSA) is 95.9 Å². The standard InChI is InChI=1S/C61H117NO5/c1-3-5-7-9-11-13-15-17-19-21-22-23-24-25-26-28-29-31-33-37-41-45-49-53-59(64)58(57-63)62-60(65)54-50-46-42-38-35-36-40-44-48-52-56-67-61(66)55-51-47-43-39-34-32-30-27-20-18-16-14-12-10-8-6-4-2/h18,20,49,53,58-59,63-64H,3-17,19,21-48,50-52,54-57H2,1-2H3,(H,62,65)/b20-18-,53-49+. The summed E-state index contributed by atoms with van der Waals surface area (Å²) < 4.78 is 5.47. The largest absolute Gasteiger partial charge is 0.466 e. The van der Waals surface area contributed by atoms with E-state index in [1.807, 2.05) is 6.08 Å². The van der Waals surface area contributed by atoms with Gasteiger partial charge in [0, 0.05) is 12.8 Å². The van der Waals surface area contributed by atoms with Gasteiger partial charge in [-0.1, -0.05) is 282 Å². The maximum atomic E-state index is 12.5. The Hall–Kier alpha value is -1.66. The number of carbonyl (C=O) groups excluding carboxylic acids is 2. The van der Waals surface area contributed by atoms with Crippen LogP contribution in [0.25, 0.3) is 0 Å². The van der Waals surface area contributed by atoms with Crippen LogP contribution in [0.3, 0.4) is 0 Å². The predicted octanol–water partition coefficient (Wildman–Crippen LogP) is 18.6. The number of nitrogens with one attached hydrogen (secondary N) is 1. The van der Waals surface area contributed by atoms with Crippen molar-refractivity contribution in [2.24, 2.45) is 0 Å². The van der Waals surface area contributed by atoms with Gasteiger partial charge in [-0.3, -0.25) is 9.59 Å². The number of allylic oxidation sites excluding steroid dienone is 3. The number of esters is 1. The van der Waals surface area contributed by atoms with Crippen molar-refractivity contribution in [3.05, 3.63) is 24.3 Å². The number of hydrogen-bond acceptors (Lipinski definition) is 5. The first kappa shape index (κ1) is 65.3. The van der Waals surface area contributed by atoms with Gasteiger partial charge in [0.15, 0.2) is 0 Å². The summed E-state index contributed by atoms with van der Waals surface area (Å²) in [6, 6.07) is -0.646. The first-order chi connectivity index (χ1) is 33.0. The third-order valence-electron chi connectivity index (χ3n) is 14.0. The highest BCUT2D eigenvalue weighted by molar-refractivity contribution is 5.76. The molecule has 2 unspecified atom stereocenters. The lowest BCUT2D eigenvalue weighted by Crippen LogP contribution is -2.45. The molecular formula is C61H117NO5. The number of ether oxygens (including phenoxy) is 1. The molecular weight excluding hydrogens is 827 g/mol. The van der Waals surface area contributed by atoms with E-state index in [1.165, 1.54) is 244 Å². The number of unbranched alkanes of at least 4 members (excludes halogenated alkanes) is 43. The number of aliphatic hydroxyl groups is 2. The Labute approximate surface area is 418 Å². The van der Waals surface area contributed by atoms with Crippen LogP contribution in [-0.2, 0) is 14.3 Å². The molecule has 396 valence electrons. The van der Waals surface area contributed by atoms with Crippen LogP contribution in [0.5, 0.6) is 0 Å². The van der Waals surface area contributed by atoms with Crippen molar-refractivity contribution < 1.29 is 24.5 Å². The van der Waals surface area contributed by atoms with Gasteiger partial charge in [0.25, 0.3) is 0 Å². The number of rotatable bonds is 56. The first-order valence-electron chi connectivity index (χ1n) is 30.1. The minimum atomic E-state index is -0.860. The molecule has 0 aliphatic carbocycles. The summed E-state index contributed by atoms with van der Waals surface area (Å²) in [7, 11) is 0. The quantitative estimate of drug-likeness (QED) is 0.0321. The predicted molar refractivity (Wildman–Crippen MR) is 292 cm³/mol. The molecule has 3 N–H and O–H groups in total. The summed E-state index contributed by atoms with van der Waals surface area (Å²) >= 11 is 0. The van der Waals surface area contributed by atoms with Crippen LogP contribution >= 0.6 is 0 Å². The first-order valence-corrected chi connectivity index (χ1v) is 30.1. The van der Waals surface area contributed by atoms with Gasteiger partial charge in [0.05, 0.1) is 25.4 Å². The molecule has 0 saturated carbocycles. The maximum absolute atomic E-state index is 12.5. The lowest BCUT2D eigenvalue weighted by molar-refractivity contribution is -0.143. The summed E-state index contributed by atoms with van der Waals surface area (Å²) in [6.45, 7) is 4.87. The summed E-state index contributed by atoms with van der Waals surface area (Å²) in [6.07, 6.45) is 69.2. The lowest BCUT2D eigenvalue weighted by Gasteiger charge is -2.20. The molecule has 0 saturated heterocycles. The van der Waals surface area contributed by atoms with Crippen molar-refractivity contribution in [3.8, 4) is 0 Å². The van der Waals surface area contributed by atoms with Gasteiger partial charge in [-0.2, -0.15) is 0 Å². The Morgan fingerprint density at radius 1 is 0.403 bits per heavy atom. The van der Waals surface area contributed by atoms with E-state index in [9.17, 15) is 19.8 Å². The molecule has 0 aromatic carbocycles. The smallest absolute Gasteiger partial charge is 0.305 e. The average Bonchev–Trinajstić information content (AvgIpc) is 3.33. The van der Waals surface area contributed by atoms with E-state index in [2.05, 4.69) is 31.3 Å². The summed E-state index contributed by atoms with van der Waals surface area (Å²) in [5, 5.41) is 23.2. The zero-order valence-electron chi connectivity index (χ0n) is 45.1. The van der Waals surface area contributed by atoms with Gasteiger partial charge in [-0.25, -0.2) is 0 Å². The van der Waals surface area contributed by atoms with E-state index < -0.39 is 12.1 Å². The Bertz CT molecular complexity index is 1040. The number of amides is 1. The monoisotopic (exact) mass is 944 g/mol. The second-order valence-corrected chi connectivity index (χ2v) is 20.7. The molecule has 0 aromatic heterocycles. The van der Waals surface area contributed by atoms with Gasteiger partial charge in [0.2, 0.25) is 5.91 Å². The van der Waals surface area contributed by atoms with Gasteiger partial charge in [-0.05, 0) is 57.8 Å². The fraction of sp³-hybridized carbons (Fsp3) is 0.902. The van der Waals surface area contributed by atoms with Crippen LogP contribution in [0.4, 0.5) is 0 Å². The number of hydrogen-bond donors (Lipinski definition) is 3. The highest BCUT2D eigenvalue weighted by Crippen LogP contribution is 2.17. The molecule has 0 aliphatic heterocycles. The molecule has 67 heavy (non-hydrogen) atoms. The second kappa shape index (κ2) is 56.9. The minimum Gasteiger partial charge on any atom is -0.466 e. The highest BCUT2D eigenvalue weighted by Gasteiger charge is 2.18. The summed E-state index contributed by atoms with van der Waals surface area (Å²) in [4.78, 5) is 24.6. The molecule has 0 aromatic rings. The molecule has 0 bridgehead atoms. The molecule has 6 nitrogen and oxygen atoms in total. The van der Waals surface area contributed by atoms with Gasteiger partial charge >= 0.3 is 5.97 Å². The molecule has 0 fully saturated rings. The second-order valence-electron chi connectivity index (χ2n) is 20.7. The third-order valence-corrected chi connectivity index (χ3v) is 14.0. The summed E-state index contributed by atoms with van der Waals surface area (Å²) in [5.74, 6) is -0.111. The van der Waals surface area contributed by atoms with Crippen molar-refractivity contribution in [3.63, 3.8) is 0 Å². The molecule has 0 aliphatic rings. The van der Waals surface area contributed by atoms with Crippen molar-refractivity contribution in [1.82, 2.24) is 5.32 Å². The Morgan fingerprint density at radius 3 is 1.06 bits per heavy atom. The molecule has 1 amide bonds. The number of carbonyl (C=O) groups is 2. The van der Waals surface area contributed by atoms with Gasteiger partial charge in [0.1, 0.15) is 0 Å². The Kier molecular flexibility index (Phi) is 55.5. The van der Waals surface area contributed by atoms with E-state index in [0.29, 0.717) is 19.4 Å². The minimum absolute atomic E-state index is 0.0233. The fourth-order valence-corrected chi connectivity index (χ4v) is 9.34. The van der Waals surface area contributed by atoms with Crippen LogP contribution < -0.4 is 5.32 Å². The Morgan fingerprint density at radius 2 is 0.701 bits per heavy atom. The average molecular weight is 945 g/mol. The van der Waals surface area contributed by atoms with Crippen LogP contribution in [0.2, 0.25) is 0 Å². The van der Waals surface area contributed by atoms with Crippen molar-refractivity contribution in [2.75, 3.05) is 13.2 Å².